The highest BCUT2D eigenvalue weighted by molar-refractivity contribution is 14.1. The molecule has 1 fully saturated rings. The van der Waals surface area contributed by atoms with Crippen molar-refractivity contribution in [1.82, 2.24) is 9.97 Å². The molecule has 0 saturated carbocycles. The van der Waals surface area contributed by atoms with E-state index in [1.54, 1.807) is 12.5 Å². The Kier molecular flexibility index (Phi) is 3.50. The Hall–Kier alpha value is -0.720. The van der Waals surface area contributed by atoms with E-state index >= 15 is 0 Å². The maximum atomic E-state index is 10.8. The van der Waals surface area contributed by atoms with Crippen molar-refractivity contribution in [2.24, 2.45) is 5.92 Å². The molecule has 0 amide bonds. The molecule has 0 aromatic carbocycles. The van der Waals surface area contributed by atoms with Crippen molar-refractivity contribution in [1.29, 1.82) is 0 Å². The molecular formula is C10H12IN3O. The second-order valence-electron chi connectivity index (χ2n) is 3.68. The number of piperidine rings is 1. The summed E-state index contributed by atoms with van der Waals surface area (Å²) in [7, 11) is 0. The van der Waals surface area contributed by atoms with Gasteiger partial charge in [-0.2, -0.15) is 0 Å². The fraction of sp³-hybridized carbons (Fsp3) is 0.500. The standard InChI is InChI=1S/C10H12IN3O/c11-9-4-12-7-13-10(9)14-3-1-2-8(5-14)6-15/h4,6-8H,1-3,5H2. The topological polar surface area (TPSA) is 46.1 Å². The molecule has 1 aliphatic heterocycles. The Balaban J connectivity index is 2.16. The van der Waals surface area contributed by atoms with E-state index in [0.29, 0.717) is 0 Å². The quantitative estimate of drug-likeness (QED) is 0.613. The maximum Gasteiger partial charge on any atom is 0.145 e. The van der Waals surface area contributed by atoms with Crippen LogP contribution in [0.4, 0.5) is 5.82 Å². The molecule has 1 unspecified atom stereocenters. The summed E-state index contributed by atoms with van der Waals surface area (Å²) in [5.74, 6) is 1.11. The van der Waals surface area contributed by atoms with Gasteiger partial charge in [-0.05, 0) is 35.4 Å². The van der Waals surface area contributed by atoms with Gasteiger partial charge in [-0.3, -0.25) is 0 Å². The van der Waals surface area contributed by atoms with Crippen molar-refractivity contribution in [2.45, 2.75) is 12.8 Å². The third kappa shape index (κ3) is 2.45. The largest absolute Gasteiger partial charge is 0.355 e. The van der Waals surface area contributed by atoms with Crippen molar-refractivity contribution >= 4 is 34.7 Å². The van der Waals surface area contributed by atoms with Gasteiger partial charge in [-0.15, -0.1) is 0 Å². The minimum absolute atomic E-state index is 0.157. The van der Waals surface area contributed by atoms with E-state index in [4.69, 9.17) is 0 Å². The van der Waals surface area contributed by atoms with Crippen LogP contribution in [0.25, 0.3) is 0 Å². The van der Waals surface area contributed by atoms with E-state index in [1.807, 2.05) is 0 Å². The lowest BCUT2D eigenvalue weighted by Gasteiger charge is -2.31. The van der Waals surface area contributed by atoms with E-state index in [0.717, 1.165) is 41.6 Å². The SMILES string of the molecule is O=CC1CCCN(c2ncncc2I)C1. The summed E-state index contributed by atoms with van der Waals surface area (Å²) in [5.41, 5.74) is 0. The summed E-state index contributed by atoms with van der Waals surface area (Å²) in [6.45, 7) is 1.77. The predicted molar refractivity (Wildman–Crippen MR) is 65.8 cm³/mol. The fourth-order valence-electron chi connectivity index (χ4n) is 1.85. The average Bonchev–Trinajstić information content (AvgIpc) is 2.30. The van der Waals surface area contributed by atoms with Gasteiger partial charge in [0.05, 0.1) is 3.57 Å². The molecule has 0 aliphatic carbocycles. The van der Waals surface area contributed by atoms with Crippen LogP contribution in [-0.4, -0.2) is 29.3 Å². The third-order valence-electron chi connectivity index (χ3n) is 2.60. The first-order valence-corrected chi connectivity index (χ1v) is 6.05. The van der Waals surface area contributed by atoms with Crippen LogP contribution in [0.15, 0.2) is 12.5 Å². The second kappa shape index (κ2) is 4.87. The van der Waals surface area contributed by atoms with Gasteiger partial charge in [0, 0.05) is 25.2 Å². The van der Waals surface area contributed by atoms with Gasteiger partial charge in [0.25, 0.3) is 0 Å². The average molecular weight is 317 g/mol. The van der Waals surface area contributed by atoms with Crippen LogP contribution >= 0.6 is 22.6 Å². The Morgan fingerprint density at radius 1 is 1.60 bits per heavy atom. The first kappa shape index (κ1) is 10.8. The number of hydrogen-bond donors (Lipinski definition) is 0. The van der Waals surface area contributed by atoms with Crippen LogP contribution in [-0.2, 0) is 4.79 Å². The van der Waals surface area contributed by atoms with E-state index < -0.39 is 0 Å². The molecular weight excluding hydrogens is 305 g/mol. The first-order valence-electron chi connectivity index (χ1n) is 4.97. The number of nitrogens with zero attached hydrogens (tertiary/aromatic N) is 3. The molecule has 1 saturated heterocycles. The third-order valence-corrected chi connectivity index (χ3v) is 3.36. The minimum Gasteiger partial charge on any atom is -0.355 e. The van der Waals surface area contributed by atoms with Crippen molar-refractivity contribution < 1.29 is 4.79 Å². The second-order valence-corrected chi connectivity index (χ2v) is 4.84. The predicted octanol–water partition coefficient (Wildman–Crippen LogP) is 1.50. The Morgan fingerprint density at radius 2 is 2.47 bits per heavy atom. The number of aldehydes is 1. The Morgan fingerprint density at radius 3 is 3.20 bits per heavy atom. The number of aromatic nitrogens is 2. The van der Waals surface area contributed by atoms with Crippen molar-refractivity contribution in [3.05, 3.63) is 16.1 Å². The van der Waals surface area contributed by atoms with Crippen LogP contribution in [0.3, 0.4) is 0 Å². The van der Waals surface area contributed by atoms with Crippen molar-refractivity contribution in [2.75, 3.05) is 18.0 Å². The van der Waals surface area contributed by atoms with Crippen molar-refractivity contribution in [3.63, 3.8) is 0 Å². The molecule has 2 heterocycles. The van der Waals surface area contributed by atoms with Crippen LogP contribution in [0.5, 0.6) is 0 Å². The van der Waals surface area contributed by atoms with Gasteiger partial charge in [0.2, 0.25) is 0 Å². The first-order chi connectivity index (χ1) is 7.31. The lowest BCUT2D eigenvalue weighted by molar-refractivity contribution is -0.111. The van der Waals surface area contributed by atoms with Gasteiger partial charge in [-0.1, -0.05) is 0 Å². The van der Waals surface area contributed by atoms with Gasteiger partial charge in [0.1, 0.15) is 18.4 Å². The van der Waals surface area contributed by atoms with E-state index in [2.05, 4.69) is 37.5 Å². The smallest absolute Gasteiger partial charge is 0.145 e. The molecule has 80 valence electrons. The van der Waals surface area contributed by atoms with E-state index in [-0.39, 0.29) is 5.92 Å². The van der Waals surface area contributed by atoms with Gasteiger partial charge >= 0.3 is 0 Å². The maximum absolute atomic E-state index is 10.8. The van der Waals surface area contributed by atoms with Gasteiger partial charge in [0.15, 0.2) is 0 Å². The van der Waals surface area contributed by atoms with E-state index in [9.17, 15) is 4.79 Å². The molecule has 0 N–H and O–H groups in total. The summed E-state index contributed by atoms with van der Waals surface area (Å²) in [6, 6.07) is 0. The van der Waals surface area contributed by atoms with Crippen molar-refractivity contribution in [3.8, 4) is 0 Å². The molecule has 1 atom stereocenters. The highest BCUT2D eigenvalue weighted by Gasteiger charge is 2.21. The van der Waals surface area contributed by atoms with Crippen LogP contribution in [0.2, 0.25) is 0 Å². The zero-order chi connectivity index (χ0) is 10.7. The molecule has 1 aliphatic rings. The molecule has 15 heavy (non-hydrogen) atoms. The number of carbonyl (C=O) groups excluding carboxylic acids is 1. The van der Waals surface area contributed by atoms with E-state index in [1.165, 1.54) is 0 Å². The molecule has 0 radical (unpaired) electrons. The minimum atomic E-state index is 0.157. The summed E-state index contributed by atoms with van der Waals surface area (Å²) in [5, 5.41) is 0. The molecule has 5 heteroatoms. The molecule has 2 rings (SSSR count). The number of hydrogen-bond acceptors (Lipinski definition) is 4. The number of carbonyl (C=O) groups is 1. The molecule has 0 bridgehead atoms. The molecule has 4 nitrogen and oxygen atoms in total. The molecule has 1 aromatic heterocycles. The van der Waals surface area contributed by atoms with Gasteiger partial charge in [-0.25, -0.2) is 9.97 Å². The summed E-state index contributed by atoms with van der Waals surface area (Å²) >= 11 is 2.23. The van der Waals surface area contributed by atoms with Crippen LogP contribution in [0.1, 0.15) is 12.8 Å². The Labute approximate surface area is 102 Å². The normalized spacial score (nSPS) is 21.4. The number of halogens is 1. The highest BCUT2D eigenvalue weighted by atomic mass is 127. The molecule has 0 spiro atoms. The summed E-state index contributed by atoms with van der Waals surface area (Å²) in [6.07, 6.45) is 6.47. The summed E-state index contributed by atoms with van der Waals surface area (Å²) < 4.78 is 1.04. The summed E-state index contributed by atoms with van der Waals surface area (Å²) in [4.78, 5) is 21.2. The fourth-order valence-corrected chi connectivity index (χ4v) is 2.49. The highest BCUT2D eigenvalue weighted by Crippen LogP contribution is 2.23. The van der Waals surface area contributed by atoms with Crippen LogP contribution in [0, 0.1) is 9.49 Å². The zero-order valence-corrected chi connectivity index (χ0v) is 10.4. The molecule has 1 aromatic rings. The van der Waals surface area contributed by atoms with Crippen LogP contribution < -0.4 is 4.90 Å². The van der Waals surface area contributed by atoms with Gasteiger partial charge < -0.3 is 9.69 Å². The number of anilines is 1. The zero-order valence-electron chi connectivity index (χ0n) is 8.27. The number of rotatable bonds is 2. The Bertz CT molecular complexity index is 358. The lowest BCUT2D eigenvalue weighted by Crippen LogP contribution is -2.37. The lowest BCUT2D eigenvalue weighted by atomic mass is 10.00. The monoisotopic (exact) mass is 317 g/mol.